The molecule has 2 atom stereocenters. The van der Waals surface area contributed by atoms with Crippen molar-refractivity contribution in [3.63, 3.8) is 0 Å². The van der Waals surface area contributed by atoms with Crippen molar-refractivity contribution in [1.82, 2.24) is 0 Å². The molecular formula is C18H20FNO3. The Balaban J connectivity index is 2.08. The summed E-state index contributed by atoms with van der Waals surface area (Å²) in [4.78, 5) is 11.7. The number of halogens is 1. The van der Waals surface area contributed by atoms with E-state index in [0.29, 0.717) is 19.4 Å². The number of carboxylic acid groups (broad SMARTS) is 1. The fourth-order valence-electron chi connectivity index (χ4n) is 4.36. The van der Waals surface area contributed by atoms with Crippen LogP contribution in [0.2, 0.25) is 0 Å². The Morgan fingerprint density at radius 2 is 1.91 bits per heavy atom. The number of nitriles is 1. The zero-order chi connectivity index (χ0) is 16.5. The Bertz CT molecular complexity index is 631. The molecule has 2 aliphatic rings. The van der Waals surface area contributed by atoms with Crippen molar-refractivity contribution in [2.45, 2.75) is 49.5 Å². The van der Waals surface area contributed by atoms with E-state index in [2.05, 4.69) is 0 Å². The Morgan fingerprint density at radius 1 is 1.26 bits per heavy atom. The van der Waals surface area contributed by atoms with Crippen molar-refractivity contribution < 1.29 is 19.0 Å². The molecule has 0 amide bonds. The first-order valence-electron chi connectivity index (χ1n) is 8.04. The summed E-state index contributed by atoms with van der Waals surface area (Å²) in [5.41, 5.74) is -0.434. The number of hydrogen-bond donors (Lipinski definition) is 1. The van der Waals surface area contributed by atoms with Crippen LogP contribution in [0, 0.1) is 23.1 Å². The highest BCUT2D eigenvalue weighted by Gasteiger charge is 2.54. The predicted molar refractivity (Wildman–Crippen MR) is 81.2 cm³/mol. The van der Waals surface area contributed by atoms with Crippen LogP contribution in [0.5, 0.6) is 0 Å². The second-order valence-corrected chi connectivity index (χ2v) is 6.73. The fraction of sp³-hybridized carbons (Fsp3) is 0.556. The van der Waals surface area contributed by atoms with Gasteiger partial charge < -0.3 is 9.84 Å². The van der Waals surface area contributed by atoms with E-state index in [0.717, 1.165) is 31.2 Å². The molecule has 3 rings (SSSR count). The maximum atomic E-state index is 13.3. The molecule has 0 radical (unpaired) electrons. The molecule has 122 valence electrons. The number of hydrogen-bond acceptors (Lipinski definition) is 3. The Hall–Kier alpha value is -1.93. The van der Waals surface area contributed by atoms with Crippen molar-refractivity contribution in [3.05, 3.63) is 35.6 Å². The number of aliphatic carboxylic acids is 1. The van der Waals surface area contributed by atoms with Crippen LogP contribution >= 0.6 is 0 Å². The molecule has 4 nitrogen and oxygen atoms in total. The molecule has 1 saturated heterocycles. The topological polar surface area (TPSA) is 70.3 Å². The van der Waals surface area contributed by atoms with E-state index in [1.807, 2.05) is 6.07 Å². The van der Waals surface area contributed by atoms with Crippen molar-refractivity contribution in [2.75, 3.05) is 6.61 Å². The molecular weight excluding hydrogens is 297 g/mol. The molecule has 1 aromatic carbocycles. The molecule has 0 aromatic heterocycles. The molecule has 23 heavy (non-hydrogen) atoms. The monoisotopic (exact) mass is 317 g/mol. The minimum Gasteiger partial charge on any atom is -0.480 e. The number of nitrogens with zero attached hydrogens (tertiary/aromatic N) is 1. The van der Waals surface area contributed by atoms with Crippen LogP contribution < -0.4 is 0 Å². The van der Waals surface area contributed by atoms with E-state index in [1.54, 1.807) is 12.1 Å². The SMILES string of the molecule is N#CC(C(=O)O)C1(c2ccc(F)cc2)CCOC2(CCCC2)C1. The summed E-state index contributed by atoms with van der Waals surface area (Å²) in [7, 11) is 0. The van der Waals surface area contributed by atoms with E-state index in [1.165, 1.54) is 12.1 Å². The van der Waals surface area contributed by atoms with Crippen molar-refractivity contribution in [3.8, 4) is 6.07 Å². The van der Waals surface area contributed by atoms with Gasteiger partial charge in [-0.25, -0.2) is 4.39 Å². The first-order valence-corrected chi connectivity index (χ1v) is 8.04. The van der Waals surface area contributed by atoms with Crippen LogP contribution in [0.15, 0.2) is 24.3 Å². The highest BCUT2D eigenvalue weighted by atomic mass is 19.1. The third kappa shape index (κ3) is 2.72. The lowest BCUT2D eigenvalue weighted by Gasteiger charge is -2.48. The lowest BCUT2D eigenvalue weighted by Crippen LogP contribution is -2.51. The van der Waals surface area contributed by atoms with Gasteiger partial charge >= 0.3 is 5.97 Å². The van der Waals surface area contributed by atoms with Gasteiger partial charge in [0.05, 0.1) is 11.7 Å². The number of ether oxygens (including phenoxy) is 1. The normalized spacial score (nSPS) is 27.5. The smallest absolute Gasteiger partial charge is 0.321 e. The molecule has 1 aliphatic heterocycles. The minimum atomic E-state index is -1.16. The number of carbonyl (C=O) groups is 1. The lowest BCUT2D eigenvalue weighted by molar-refractivity contribution is -0.149. The summed E-state index contributed by atoms with van der Waals surface area (Å²) in [5.74, 6) is -2.64. The van der Waals surface area contributed by atoms with E-state index in [4.69, 9.17) is 4.74 Å². The third-order valence-electron chi connectivity index (χ3n) is 5.46. The molecule has 2 unspecified atom stereocenters. The Morgan fingerprint density at radius 3 is 2.48 bits per heavy atom. The molecule has 1 spiro atoms. The van der Waals surface area contributed by atoms with Gasteiger partial charge in [0.15, 0.2) is 5.92 Å². The molecule has 1 aromatic rings. The van der Waals surface area contributed by atoms with Gasteiger partial charge in [0.1, 0.15) is 5.82 Å². The summed E-state index contributed by atoms with van der Waals surface area (Å²) in [6.45, 7) is 0.433. The second kappa shape index (κ2) is 5.93. The van der Waals surface area contributed by atoms with E-state index < -0.39 is 17.3 Å². The highest BCUT2D eigenvalue weighted by Crippen LogP contribution is 2.51. The summed E-state index contributed by atoms with van der Waals surface area (Å²) in [5, 5.41) is 19.1. The van der Waals surface area contributed by atoms with Crippen molar-refractivity contribution >= 4 is 5.97 Å². The number of benzene rings is 1. The number of rotatable bonds is 3. The molecule has 0 bridgehead atoms. The molecule has 1 aliphatic carbocycles. The van der Waals surface area contributed by atoms with Crippen LogP contribution in [-0.4, -0.2) is 23.3 Å². The summed E-state index contributed by atoms with van der Waals surface area (Å²) >= 11 is 0. The maximum absolute atomic E-state index is 13.3. The van der Waals surface area contributed by atoms with Crippen LogP contribution in [0.1, 0.15) is 44.1 Å². The van der Waals surface area contributed by atoms with Gasteiger partial charge in [-0.2, -0.15) is 5.26 Å². The fourth-order valence-corrected chi connectivity index (χ4v) is 4.36. The standard InChI is InChI=1S/C18H20FNO3/c19-14-5-3-13(4-6-14)18(15(11-20)16(21)22)9-10-23-17(12-18)7-1-2-8-17/h3-6,15H,1-2,7-10,12H2,(H,21,22). The first kappa shape index (κ1) is 15.9. The predicted octanol–water partition coefficient (Wildman–Crippen LogP) is 3.41. The van der Waals surface area contributed by atoms with Gasteiger partial charge in [0.25, 0.3) is 0 Å². The first-order chi connectivity index (χ1) is 11.0. The molecule has 1 saturated carbocycles. The van der Waals surface area contributed by atoms with Gasteiger partial charge in [0, 0.05) is 12.0 Å². The third-order valence-corrected chi connectivity index (χ3v) is 5.46. The van der Waals surface area contributed by atoms with Crippen LogP contribution in [0.4, 0.5) is 4.39 Å². The maximum Gasteiger partial charge on any atom is 0.321 e. The number of carboxylic acids is 1. The van der Waals surface area contributed by atoms with Gasteiger partial charge in [-0.1, -0.05) is 25.0 Å². The van der Waals surface area contributed by atoms with Gasteiger partial charge in [0.2, 0.25) is 0 Å². The largest absolute Gasteiger partial charge is 0.480 e. The quantitative estimate of drug-likeness (QED) is 0.927. The van der Waals surface area contributed by atoms with Crippen molar-refractivity contribution in [2.24, 2.45) is 5.92 Å². The molecule has 1 heterocycles. The zero-order valence-corrected chi connectivity index (χ0v) is 12.9. The summed E-state index contributed by atoms with van der Waals surface area (Å²) in [6, 6.07) is 7.90. The van der Waals surface area contributed by atoms with Crippen LogP contribution in [0.3, 0.4) is 0 Å². The Kier molecular flexibility index (Phi) is 4.11. The van der Waals surface area contributed by atoms with Gasteiger partial charge in [-0.05, 0) is 43.4 Å². The summed E-state index contributed by atoms with van der Waals surface area (Å²) in [6.07, 6.45) is 4.88. The van der Waals surface area contributed by atoms with Crippen LogP contribution in [-0.2, 0) is 14.9 Å². The zero-order valence-electron chi connectivity index (χ0n) is 12.9. The second-order valence-electron chi connectivity index (χ2n) is 6.73. The van der Waals surface area contributed by atoms with Crippen molar-refractivity contribution in [1.29, 1.82) is 5.26 Å². The Labute approximate surface area is 134 Å². The molecule has 2 fully saturated rings. The lowest BCUT2D eigenvalue weighted by atomic mass is 9.61. The highest BCUT2D eigenvalue weighted by molar-refractivity contribution is 5.75. The van der Waals surface area contributed by atoms with E-state index in [-0.39, 0.29) is 11.4 Å². The molecule has 5 heteroatoms. The average Bonchev–Trinajstić information content (AvgIpc) is 2.96. The van der Waals surface area contributed by atoms with Gasteiger partial charge in [-0.15, -0.1) is 0 Å². The average molecular weight is 317 g/mol. The summed E-state index contributed by atoms with van der Waals surface area (Å²) < 4.78 is 19.3. The van der Waals surface area contributed by atoms with Crippen LogP contribution in [0.25, 0.3) is 0 Å². The van der Waals surface area contributed by atoms with E-state index >= 15 is 0 Å². The van der Waals surface area contributed by atoms with E-state index in [9.17, 15) is 19.6 Å². The van der Waals surface area contributed by atoms with Gasteiger partial charge in [-0.3, -0.25) is 4.79 Å². The molecule has 1 N–H and O–H groups in total. The minimum absolute atomic E-state index is 0.336.